The van der Waals surface area contributed by atoms with E-state index in [1.807, 2.05) is 0 Å². The first-order valence-corrected chi connectivity index (χ1v) is 5.86. The highest BCUT2D eigenvalue weighted by atomic mass is 35.5. The van der Waals surface area contributed by atoms with Gasteiger partial charge in [-0.3, -0.25) is 0 Å². The third-order valence-electron chi connectivity index (χ3n) is 2.49. The van der Waals surface area contributed by atoms with Crippen LogP contribution in [0.15, 0.2) is 24.3 Å². The molecule has 2 rings (SSSR count). The molecule has 0 aliphatic carbocycles. The van der Waals surface area contributed by atoms with Crippen LogP contribution in [0.25, 0.3) is 0 Å². The number of aryl methyl sites for hydroxylation is 1. The zero-order valence-electron chi connectivity index (χ0n) is 9.43. The number of nitro groups is 1. The summed E-state index contributed by atoms with van der Waals surface area (Å²) in [6.07, 6.45) is 0. The van der Waals surface area contributed by atoms with Crippen molar-refractivity contribution in [3.63, 3.8) is 0 Å². The first-order valence-electron chi connectivity index (χ1n) is 5.10. The maximum absolute atomic E-state index is 10.6. The van der Waals surface area contributed by atoms with Gasteiger partial charge in [-0.2, -0.15) is 4.68 Å². The van der Waals surface area contributed by atoms with Gasteiger partial charge < -0.3 is 10.1 Å². The largest absolute Gasteiger partial charge is 0.390 e. The Morgan fingerprint density at radius 1 is 1.39 bits per heavy atom. The molecule has 5 nitrogen and oxygen atoms in total. The van der Waals surface area contributed by atoms with Gasteiger partial charge in [-0.15, -0.1) is 0 Å². The van der Waals surface area contributed by atoms with Gasteiger partial charge in [-0.25, -0.2) is 0 Å². The van der Waals surface area contributed by atoms with Crippen molar-refractivity contribution in [1.29, 1.82) is 0 Å². The fourth-order valence-corrected chi connectivity index (χ4v) is 2.02. The Kier molecular flexibility index (Phi) is 3.54. The summed E-state index contributed by atoms with van der Waals surface area (Å²) in [7, 11) is 0. The van der Waals surface area contributed by atoms with Crippen LogP contribution in [0.3, 0.4) is 0 Å². The molecule has 1 heterocycles. The second-order valence-corrected chi connectivity index (χ2v) is 4.64. The molecule has 0 saturated carbocycles. The second kappa shape index (κ2) is 4.96. The Balaban J connectivity index is 2.31. The van der Waals surface area contributed by atoms with E-state index in [1.165, 1.54) is 10.7 Å². The Morgan fingerprint density at radius 2 is 2.11 bits per heavy atom. The van der Waals surface area contributed by atoms with Crippen LogP contribution >= 0.6 is 23.2 Å². The zero-order chi connectivity index (χ0) is 13.3. The van der Waals surface area contributed by atoms with E-state index in [9.17, 15) is 10.1 Å². The van der Waals surface area contributed by atoms with Crippen molar-refractivity contribution in [3.8, 4) is 0 Å². The van der Waals surface area contributed by atoms with Crippen molar-refractivity contribution in [2.75, 3.05) is 0 Å². The Labute approximate surface area is 113 Å². The summed E-state index contributed by atoms with van der Waals surface area (Å²) in [6, 6.07) is 6.54. The van der Waals surface area contributed by atoms with Crippen LogP contribution in [0.1, 0.15) is 11.3 Å². The molecule has 1 aromatic heterocycles. The number of hydrogen-bond acceptors (Lipinski definition) is 3. The molecule has 0 bridgehead atoms. The molecule has 2 aromatic rings. The van der Waals surface area contributed by atoms with Crippen molar-refractivity contribution < 1.29 is 4.92 Å². The molecule has 0 spiro atoms. The molecule has 1 aromatic carbocycles. The van der Waals surface area contributed by atoms with E-state index < -0.39 is 4.92 Å². The second-order valence-electron chi connectivity index (χ2n) is 3.79. The fourth-order valence-electron chi connectivity index (χ4n) is 1.55. The molecule has 0 radical (unpaired) electrons. The van der Waals surface area contributed by atoms with Gasteiger partial charge >= 0.3 is 5.82 Å². The van der Waals surface area contributed by atoms with E-state index in [0.29, 0.717) is 22.3 Å². The molecule has 18 heavy (non-hydrogen) atoms. The van der Waals surface area contributed by atoms with Gasteiger partial charge in [0, 0.05) is 10.0 Å². The minimum Gasteiger partial charge on any atom is -0.358 e. The average molecular weight is 286 g/mol. The molecule has 0 aliphatic rings. The van der Waals surface area contributed by atoms with Crippen LogP contribution in [-0.4, -0.2) is 14.7 Å². The van der Waals surface area contributed by atoms with Gasteiger partial charge in [-0.1, -0.05) is 29.3 Å². The summed E-state index contributed by atoms with van der Waals surface area (Å²) in [5, 5.41) is 15.6. The van der Waals surface area contributed by atoms with Crippen molar-refractivity contribution >= 4 is 29.0 Å². The van der Waals surface area contributed by atoms with Crippen molar-refractivity contribution in [2.24, 2.45) is 0 Å². The molecule has 0 atom stereocenters. The number of benzene rings is 1. The molecule has 0 amide bonds. The van der Waals surface area contributed by atoms with E-state index >= 15 is 0 Å². The van der Waals surface area contributed by atoms with E-state index in [4.69, 9.17) is 23.2 Å². The van der Waals surface area contributed by atoms with Crippen LogP contribution in [0.2, 0.25) is 10.0 Å². The molecule has 94 valence electrons. The Hall–Kier alpha value is -1.59. The Morgan fingerprint density at radius 3 is 2.67 bits per heavy atom. The number of hydrogen-bond donors (Lipinski definition) is 0. The van der Waals surface area contributed by atoms with Gasteiger partial charge in [-0.05, 0) is 29.5 Å². The third kappa shape index (κ3) is 2.63. The molecule has 0 aliphatic heterocycles. The summed E-state index contributed by atoms with van der Waals surface area (Å²) in [5.41, 5.74) is 1.51. The summed E-state index contributed by atoms with van der Waals surface area (Å²) in [6.45, 7) is 2.12. The molecule has 0 unspecified atom stereocenters. The number of rotatable bonds is 3. The molecule has 0 N–H and O–H groups in total. The maximum atomic E-state index is 10.6. The Bertz CT molecular complexity index is 610. The highest BCUT2D eigenvalue weighted by Gasteiger charge is 2.16. The van der Waals surface area contributed by atoms with E-state index in [1.54, 1.807) is 25.1 Å². The number of aromatic nitrogens is 2. The minimum absolute atomic E-state index is 0.169. The average Bonchev–Trinajstić information content (AvgIpc) is 2.64. The highest BCUT2D eigenvalue weighted by Crippen LogP contribution is 2.22. The predicted octanol–water partition coefficient (Wildman–Crippen LogP) is 3.45. The lowest BCUT2D eigenvalue weighted by Gasteiger charge is -2.03. The molecule has 0 fully saturated rings. The normalized spacial score (nSPS) is 10.6. The quantitative estimate of drug-likeness (QED) is 0.641. The van der Waals surface area contributed by atoms with Crippen molar-refractivity contribution in [1.82, 2.24) is 9.78 Å². The van der Waals surface area contributed by atoms with Crippen LogP contribution in [0.4, 0.5) is 5.82 Å². The predicted molar refractivity (Wildman–Crippen MR) is 69.2 cm³/mol. The van der Waals surface area contributed by atoms with E-state index in [-0.39, 0.29) is 5.82 Å². The monoisotopic (exact) mass is 285 g/mol. The number of halogens is 2. The van der Waals surface area contributed by atoms with Gasteiger partial charge in [0.2, 0.25) is 0 Å². The smallest absolute Gasteiger partial charge is 0.358 e. The summed E-state index contributed by atoms with van der Waals surface area (Å²) >= 11 is 11.8. The van der Waals surface area contributed by atoms with Gasteiger partial charge in [0.1, 0.15) is 0 Å². The lowest BCUT2D eigenvalue weighted by Crippen LogP contribution is -2.04. The van der Waals surface area contributed by atoms with E-state index in [0.717, 1.165) is 5.56 Å². The highest BCUT2D eigenvalue weighted by molar-refractivity contribution is 6.35. The summed E-state index contributed by atoms with van der Waals surface area (Å²) in [5.74, 6) is -0.169. The molecular formula is C11H9Cl2N3O2. The maximum Gasteiger partial charge on any atom is 0.390 e. The molecular weight excluding hydrogens is 277 g/mol. The van der Waals surface area contributed by atoms with Crippen molar-refractivity contribution in [2.45, 2.75) is 13.5 Å². The van der Waals surface area contributed by atoms with Crippen LogP contribution < -0.4 is 0 Å². The lowest BCUT2D eigenvalue weighted by atomic mass is 10.2. The molecule has 0 saturated heterocycles. The fraction of sp³-hybridized carbons (Fsp3) is 0.182. The van der Waals surface area contributed by atoms with Gasteiger partial charge in [0.25, 0.3) is 0 Å². The third-order valence-corrected chi connectivity index (χ3v) is 3.08. The molecule has 7 heteroatoms. The first-order chi connectivity index (χ1) is 8.47. The minimum atomic E-state index is -0.521. The number of nitrogens with zero attached hydrogens (tertiary/aromatic N) is 3. The lowest BCUT2D eigenvalue weighted by molar-refractivity contribution is -0.389. The van der Waals surface area contributed by atoms with Gasteiger partial charge in [0.15, 0.2) is 0 Å². The van der Waals surface area contributed by atoms with Crippen LogP contribution in [0.5, 0.6) is 0 Å². The standard InChI is InChI=1S/C11H9Cl2N3O2/c1-7-4-11(16(17)18)14-15(7)6-8-2-3-9(12)5-10(8)13/h2-5H,6H2,1H3. The van der Waals surface area contributed by atoms with Crippen LogP contribution in [0, 0.1) is 17.0 Å². The SMILES string of the molecule is Cc1cc([N+](=O)[O-])nn1Cc1ccc(Cl)cc1Cl. The van der Waals surface area contributed by atoms with E-state index in [2.05, 4.69) is 5.10 Å². The summed E-state index contributed by atoms with van der Waals surface area (Å²) < 4.78 is 1.53. The topological polar surface area (TPSA) is 61.0 Å². The first kappa shape index (κ1) is 12.9. The zero-order valence-corrected chi connectivity index (χ0v) is 10.9. The van der Waals surface area contributed by atoms with Crippen LogP contribution in [-0.2, 0) is 6.54 Å². The van der Waals surface area contributed by atoms with Crippen molar-refractivity contribution in [3.05, 3.63) is 55.7 Å². The van der Waals surface area contributed by atoms with Gasteiger partial charge in [0.05, 0.1) is 23.4 Å². The summed E-state index contributed by atoms with van der Waals surface area (Å²) in [4.78, 5) is 10.1.